The minimum absolute atomic E-state index is 0.153. The summed E-state index contributed by atoms with van der Waals surface area (Å²) in [7, 11) is 2.64. The SMILES string of the molecule is COc1cc(C(C)(C)c2cnc(SCc3c(F)cc(S(=O)(=O)N(CCC[N+](C)(C)C)[C@H](C)C(=O)O)cc3F)n2-c2ccc(F)cc2)ccc1Cl. The summed E-state index contributed by atoms with van der Waals surface area (Å²) in [5.74, 6) is -3.86. The quantitative estimate of drug-likeness (QED) is 0.102. The first kappa shape index (κ1) is 39.2. The van der Waals surface area contributed by atoms with Gasteiger partial charge >= 0.3 is 5.97 Å². The van der Waals surface area contributed by atoms with Crippen molar-refractivity contribution in [2.24, 2.45) is 0 Å². The summed E-state index contributed by atoms with van der Waals surface area (Å²) >= 11 is 7.28. The molecule has 1 heterocycles. The average molecular weight is 754 g/mol. The fourth-order valence-electron chi connectivity index (χ4n) is 5.40. The zero-order valence-electron chi connectivity index (χ0n) is 28.9. The number of nitrogens with zero attached hydrogens (tertiary/aromatic N) is 4. The Balaban J connectivity index is 1.70. The zero-order chi connectivity index (χ0) is 37.2. The number of aliphatic carboxylic acids is 1. The molecular formula is C35H41ClF3N4O5S2+. The Labute approximate surface area is 300 Å². The highest BCUT2D eigenvalue weighted by Gasteiger charge is 2.35. The van der Waals surface area contributed by atoms with Gasteiger partial charge in [0.15, 0.2) is 5.16 Å². The van der Waals surface area contributed by atoms with Crippen LogP contribution in [0.15, 0.2) is 70.8 Å². The number of thioether (sulfide) groups is 1. The molecule has 0 aliphatic heterocycles. The van der Waals surface area contributed by atoms with E-state index in [1.807, 2.05) is 41.1 Å². The van der Waals surface area contributed by atoms with Crippen LogP contribution in [0.1, 0.15) is 44.0 Å². The lowest BCUT2D eigenvalue weighted by Gasteiger charge is -2.28. The first-order valence-corrected chi connectivity index (χ1v) is 18.4. The van der Waals surface area contributed by atoms with Gasteiger partial charge in [0.2, 0.25) is 10.0 Å². The monoisotopic (exact) mass is 753 g/mol. The minimum Gasteiger partial charge on any atom is -0.495 e. The lowest BCUT2D eigenvalue weighted by molar-refractivity contribution is -0.870. The normalized spacial score (nSPS) is 13.1. The molecule has 9 nitrogen and oxygen atoms in total. The summed E-state index contributed by atoms with van der Waals surface area (Å²) in [4.78, 5) is 15.7. The maximum atomic E-state index is 15.6. The fraction of sp³-hybridized carbons (Fsp3) is 0.371. The predicted molar refractivity (Wildman–Crippen MR) is 188 cm³/mol. The van der Waals surface area contributed by atoms with Gasteiger partial charge in [0.1, 0.15) is 29.2 Å². The van der Waals surface area contributed by atoms with Crippen molar-refractivity contribution < 1.29 is 40.7 Å². The first-order valence-electron chi connectivity index (χ1n) is 15.6. The predicted octanol–water partition coefficient (Wildman–Crippen LogP) is 7.13. The standard InChI is InChI=1S/C35H40ClF3N4O5S2/c1-22(33(44)45)41(15-8-16-43(4,5)6)50(46,47)26-18-29(38)27(30(39)19-26)21-49-34-40-20-32(42(34)25-12-10-24(37)11-13-25)35(2,3)23-9-14-28(36)31(17-23)48-7/h9-14,17-20,22H,8,15-16,21H2,1-7H3/p+1/t22-/m1/s1. The van der Waals surface area contributed by atoms with Crippen LogP contribution in [-0.2, 0) is 26.0 Å². The molecule has 4 aromatic rings. The number of imidazole rings is 1. The molecule has 0 spiro atoms. The number of carbonyl (C=O) groups is 1. The Morgan fingerprint density at radius 3 is 2.26 bits per heavy atom. The summed E-state index contributed by atoms with van der Waals surface area (Å²) in [6, 6.07) is 11.0. The van der Waals surface area contributed by atoms with E-state index in [2.05, 4.69) is 4.98 Å². The summed E-state index contributed by atoms with van der Waals surface area (Å²) in [6.07, 6.45) is 1.96. The average Bonchev–Trinajstić information content (AvgIpc) is 3.47. The molecule has 0 fully saturated rings. The van der Waals surface area contributed by atoms with Crippen LogP contribution in [0.2, 0.25) is 5.02 Å². The molecule has 3 aromatic carbocycles. The van der Waals surface area contributed by atoms with Crippen LogP contribution in [-0.4, -0.2) is 85.2 Å². The first-order chi connectivity index (χ1) is 23.3. The number of carboxylic acids is 1. The van der Waals surface area contributed by atoms with Gasteiger partial charge in [-0.2, -0.15) is 4.31 Å². The Kier molecular flexibility index (Phi) is 12.0. The summed E-state index contributed by atoms with van der Waals surface area (Å²) in [5, 5.41) is 10.4. The highest BCUT2D eigenvalue weighted by Crippen LogP contribution is 2.39. The molecule has 270 valence electrons. The van der Waals surface area contributed by atoms with Crippen molar-refractivity contribution in [3.63, 3.8) is 0 Å². The van der Waals surface area contributed by atoms with E-state index in [1.54, 1.807) is 35.0 Å². The number of carboxylic acid groups (broad SMARTS) is 1. The Morgan fingerprint density at radius 2 is 1.70 bits per heavy atom. The van der Waals surface area contributed by atoms with Gasteiger partial charge in [0.25, 0.3) is 0 Å². The van der Waals surface area contributed by atoms with E-state index in [4.69, 9.17) is 16.3 Å². The molecule has 0 saturated heterocycles. The maximum absolute atomic E-state index is 15.6. The molecule has 0 saturated carbocycles. The molecule has 50 heavy (non-hydrogen) atoms. The van der Waals surface area contributed by atoms with E-state index in [0.717, 1.165) is 21.6 Å². The second kappa shape index (κ2) is 15.4. The second-order valence-electron chi connectivity index (χ2n) is 13.4. The molecule has 1 N–H and O–H groups in total. The van der Waals surface area contributed by atoms with Crippen LogP contribution < -0.4 is 4.74 Å². The molecule has 0 radical (unpaired) electrons. The Bertz CT molecular complexity index is 1940. The summed E-state index contributed by atoms with van der Waals surface area (Å²) in [6.45, 7) is 5.51. The van der Waals surface area contributed by atoms with Crippen molar-refractivity contribution in [3.8, 4) is 11.4 Å². The van der Waals surface area contributed by atoms with Crippen LogP contribution in [0.5, 0.6) is 5.75 Å². The number of rotatable bonds is 15. The van der Waals surface area contributed by atoms with E-state index < -0.39 is 55.4 Å². The molecule has 0 bridgehead atoms. The van der Waals surface area contributed by atoms with Gasteiger partial charge in [-0.1, -0.05) is 43.3 Å². The number of quaternary nitrogens is 1. The highest BCUT2D eigenvalue weighted by molar-refractivity contribution is 7.98. The van der Waals surface area contributed by atoms with Gasteiger partial charge in [-0.05, 0) is 61.0 Å². The van der Waals surface area contributed by atoms with Crippen molar-refractivity contribution in [1.29, 1.82) is 0 Å². The van der Waals surface area contributed by atoms with E-state index in [1.165, 1.54) is 26.2 Å². The molecule has 4 rings (SSSR count). The lowest BCUT2D eigenvalue weighted by Crippen LogP contribution is -2.45. The fourth-order valence-corrected chi connectivity index (χ4v) is 8.25. The molecule has 0 aliphatic rings. The van der Waals surface area contributed by atoms with E-state index in [-0.39, 0.29) is 12.3 Å². The second-order valence-corrected chi connectivity index (χ2v) is 16.6. The van der Waals surface area contributed by atoms with Crippen molar-refractivity contribution >= 4 is 39.4 Å². The van der Waals surface area contributed by atoms with Gasteiger partial charge in [0, 0.05) is 35.4 Å². The lowest BCUT2D eigenvalue weighted by atomic mass is 9.81. The van der Waals surface area contributed by atoms with E-state index >= 15 is 8.78 Å². The molecule has 0 amide bonds. The van der Waals surface area contributed by atoms with Crippen molar-refractivity contribution in [2.75, 3.05) is 41.3 Å². The Morgan fingerprint density at radius 1 is 1.08 bits per heavy atom. The smallest absolute Gasteiger partial charge is 0.321 e. The zero-order valence-corrected chi connectivity index (χ0v) is 31.3. The maximum Gasteiger partial charge on any atom is 0.321 e. The summed E-state index contributed by atoms with van der Waals surface area (Å²) < 4.78 is 80.8. The van der Waals surface area contributed by atoms with E-state index in [9.17, 15) is 22.7 Å². The molecule has 1 atom stereocenters. The Hall–Kier alpha value is -3.56. The van der Waals surface area contributed by atoms with Gasteiger partial charge in [-0.25, -0.2) is 26.6 Å². The number of ether oxygens (including phenoxy) is 1. The van der Waals surface area contributed by atoms with Gasteiger partial charge in [-0.15, -0.1) is 0 Å². The summed E-state index contributed by atoms with van der Waals surface area (Å²) in [5.41, 5.74) is 0.951. The molecule has 1 aromatic heterocycles. The van der Waals surface area contributed by atoms with Gasteiger partial charge in [-0.3, -0.25) is 9.36 Å². The largest absolute Gasteiger partial charge is 0.495 e. The number of methoxy groups -OCH3 is 1. The topological polar surface area (TPSA) is 102 Å². The van der Waals surface area contributed by atoms with Crippen LogP contribution in [0.25, 0.3) is 5.69 Å². The third kappa shape index (κ3) is 8.65. The number of sulfonamides is 1. The van der Waals surface area contributed by atoms with Gasteiger partial charge in [0.05, 0.1) is 56.6 Å². The third-order valence-corrected chi connectivity index (χ3v) is 11.6. The van der Waals surface area contributed by atoms with Gasteiger partial charge < -0.3 is 14.3 Å². The number of aromatic nitrogens is 2. The molecular weight excluding hydrogens is 713 g/mol. The highest BCUT2D eigenvalue weighted by atomic mass is 35.5. The van der Waals surface area contributed by atoms with Crippen molar-refractivity contribution in [2.45, 2.75) is 54.5 Å². The van der Waals surface area contributed by atoms with Crippen LogP contribution in [0, 0.1) is 17.5 Å². The van der Waals surface area contributed by atoms with Crippen LogP contribution in [0.3, 0.4) is 0 Å². The van der Waals surface area contributed by atoms with Crippen molar-refractivity contribution in [3.05, 3.63) is 100 Å². The number of benzene rings is 3. The van der Waals surface area contributed by atoms with Crippen LogP contribution >= 0.6 is 23.4 Å². The molecule has 15 heteroatoms. The minimum atomic E-state index is -4.59. The molecule has 0 aliphatic carbocycles. The molecule has 0 unspecified atom stereocenters. The van der Waals surface area contributed by atoms with Crippen molar-refractivity contribution in [1.82, 2.24) is 13.9 Å². The number of hydrogen-bond donors (Lipinski definition) is 1. The third-order valence-electron chi connectivity index (χ3n) is 8.39. The number of hydrogen-bond acceptors (Lipinski definition) is 6. The number of halogens is 4. The van der Waals surface area contributed by atoms with Crippen LogP contribution in [0.4, 0.5) is 13.2 Å². The van der Waals surface area contributed by atoms with E-state index in [0.29, 0.717) is 56.9 Å².